The first-order valence-corrected chi connectivity index (χ1v) is 10.6. The number of rotatable bonds is 6. The molecule has 2 N–H and O–H groups in total. The highest BCUT2D eigenvalue weighted by Crippen LogP contribution is 2.15. The van der Waals surface area contributed by atoms with Gasteiger partial charge >= 0.3 is 5.76 Å². The molecule has 3 aromatic rings. The SMILES string of the molecule is CCc1ccccc1NC(=O)C[NH+]1CCN(C(=O)Cn2c(=O)oc3ccccc32)CC1. The van der Waals surface area contributed by atoms with Crippen LogP contribution in [0.5, 0.6) is 0 Å². The third kappa shape index (κ3) is 4.69. The van der Waals surface area contributed by atoms with E-state index in [0.29, 0.717) is 43.8 Å². The van der Waals surface area contributed by atoms with E-state index in [1.54, 1.807) is 23.1 Å². The summed E-state index contributed by atoms with van der Waals surface area (Å²) in [5.41, 5.74) is 3.07. The Morgan fingerprint density at radius 1 is 1.06 bits per heavy atom. The van der Waals surface area contributed by atoms with E-state index in [-0.39, 0.29) is 18.4 Å². The molecule has 2 heterocycles. The van der Waals surface area contributed by atoms with E-state index in [4.69, 9.17) is 4.42 Å². The first kappa shape index (κ1) is 20.9. The van der Waals surface area contributed by atoms with Gasteiger partial charge in [-0.05, 0) is 30.2 Å². The molecule has 8 nitrogen and oxygen atoms in total. The summed E-state index contributed by atoms with van der Waals surface area (Å²) in [5.74, 6) is -0.663. The highest BCUT2D eigenvalue weighted by atomic mass is 16.4. The molecule has 2 amide bonds. The van der Waals surface area contributed by atoms with E-state index < -0.39 is 5.76 Å². The van der Waals surface area contributed by atoms with Gasteiger partial charge < -0.3 is 19.5 Å². The second-order valence-corrected chi connectivity index (χ2v) is 7.79. The summed E-state index contributed by atoms with van der Waals surface area (Å²) >= 11 is 0. The molecule has 31 heavy (non-hydrogen) atoms. The molecule has 2 aromatic carbocycles. The normalized spacial score (nSPS) is 14.7. The molecular formula is C23H27N4O4+. The third-order valence-corrected chi connectivity index (χ3v) is 5.77. The first-order valence-electron chi connectivity index (χ1n) is 10.6. The number of aryl methyl sites for hydroxylation is 1. The monoisotopic (exact) mass is 423 g/mol. The van der Waals surface area contributed by atoms with E-state index in [2.05, 4.69) is 12.2 Å². The fraction of sp³-hybridized carbons (Fsp3) is 0.348. The third-order valence-electron chi connectivity index (χ3n) is 5.77. The second kappa shape index (κ2) is 9.18. The Balaban J connectivity index is 1.30. The highest BCUT2D eigenvalue weighted by Gasteiger charge is 2.26. The van der Waals surface area contributed by atoms with Gasteiger partial charge in [-0.25, -0.2) is 4.79 Å². The molecule has 1 fully saturated rings. The number of para-hydroxylation sites is 3. The van der Waals surface area contributed by atoms with E-state index in [9.17, 15) is 14.4 Å². The number of hydrogen-bond acceptors (Lipinski definition) is 4. The van der Waals surface area contributed by atoms with Crippen LogP contribution in [0.3, 0.4) is 0 Å². The van der Waals surface area contributed by atoms with Gasteiger partial charge in [0.25, 0.3) is 5.91 Å². The van der Waals surface area contributed by atoms with Crippen LogP contribution in [0.2, 0.25) is 0 Å². The molecular weight excluding hydrogens is 396 g/mol. The number of carbonyl (C=O) groups is 2. The largest absolute Gasteiger partial charge is 0.420 e. The van der Waals surface area contributed by atoms with Gasteiger partial charge in [-0.2, -0.15) is 0 Å². The van der Waals surface area contributed by atoms with Gasteiger partial charge in [0.15, 0.2) is 12.1 Å². The van der Waals surface area contributed by atoms with Crippen LogP contribution in [-0.4, -0.2) is 54.0 Å². The van der Waals surface area contributed by atoms with Gasteiger partial charge in [0.2, 0.25) is 5.91 Å². The van der Waals surface area contributed by atoms with Gasteiger partial charge in [-0.3, -0.25) is 14.2 Å². The average molecular weight is 423 g/mol. The number of anilines is 1. The van der Waals surface area contributed by atoms with Gasteiger partial charge in [0.1, 0.15) is 6.54 Å². The lowest BCUT2D eigenvalue weighted by atomic mass is 10.1. The predicted octanol–water partition coefficient (Wildman–Crippen LogP) is 0.523. The van der Waals surface area contributed by atoms with E-state index in [0.717, 1.165) is 22.6 Å². The van der Waals surface area contributed by atoms with Crippen LogP contribution in [0.25, 0.3) is 11.1 Å². The predicted molar refractivity (Wildman–Crippen MR) is 117 cm³/mol. The number of oxazole rings is 1. The van der Waals surface area contributed by atoms with Crippen LogP contribution in [0.15, 0.2) is 57.7 Å². The van der Waals surface area contributed by atoms with Crippen molar-refractivity contribution >= 4 is 28.6 Å². The Morgan fingerprint density at radius 2 is 1.77 bits per heavy atom. The molecule has 8 heteroatoms. The number of aromatic nitrogens is 1. The van der Waals surface area contributed by atoms with E-state index in [1.807, 2.05) is 30.3 Å². The zero-order chi connectivity index (χ0) is 21.8. The Morgan fingerprint density at radius 3 is 2.55 bits per heavy atom. The summed E-state index contributed by atoms with van der Waals surface area (Å²) in [6.07, 6.45) is 0.860. The summed E-state index contributed by atoms with van der Waals surface area (Å²) < 4.78 is 6.57. The number of amides is 2. The minimum Gasteiger partial charge on any atom is -0.408 e. The van der Waals surface area contributed by atoms with Gasteiger partial charge in [0.05, 0.1) is 31.7 Å². The van der Waals surface area contributed by atoms with Crippen LogP contribution in [0, 0.1) is 0 Å². The van der Waals surface area contributed by atoms with Crippen LogP contribution in [0.1, 0.15) is 12.5 Å². The quantitative estimate of drug-likeness (QED) is 0.605. The van der Waals surface area contributed by atoms with Crippen molar-refractivity contribution in [3.63, 3.8) is 0 Å². The number of fused-ring (bicyclic) bond motifs is 1. The van der Waals surface area contributed by atoms with Crippen molar-refractivity contribution in [3.8, 4) is 0 Å². The molecule has 0 unspecified atom stereocenters. The molecule has 0 bridgehead atoms. The Kier molecular flexibility index (Phi) is 6.18. The molecule has 0 radical (unpaired) electrons. The molecule has 0 atom stereocenters. The van der Waals surface area contributed by atoms with Crippen molar-refractivity contribution in [2.45, 2.75) is 19.9 Å². The molecule has 1 aliphatic heterocycles. The highest BCUT2D eigenvalue weighted by molar-refractivity contribution is 5.92. The molecule has 162 valence electrons. The number of nitrogens with zero attached hydrogens (tertiary/aromatic N) is 2. The molecule has 0 spiro atoms. The molecule has 1 aromatic heterocycles. The van der Waals surface area contributed by atoms with E-state index in [1.165, 1.54) is 4.57 Å². The van der Waals surface area contributed by atoms with Crippen LogP contribution < -0.4 is 16.0 Å². The summed E-state index contributed by atoms with van der Waals surface area (Å²) in [4.78, 5) is 40.2. The van der Waals surface area contributed by atoms with Crippen molar-refractivity contribution in [1.29, 1.82) is 0 Å². The maximum Gasteiger partial charge on any atom is 0.420 e. The maximum absolute atomic E-state index is 12.7. The molecule has 1 saturated heterocycles. The fourth-order valence-electron chi connectivity index (χ4n) is 4.02. The van der Waals surface area contributed by atoms with Crippen molar-refractivity contribution in [1.82, 2.24) is 9.47 Å². The number of quaternary nitrogens is 1. The minimum absolute atomic E-state index is 0.0212. The Labute approximate surface area is 180 Å². The Bertz CT molecular complexity index is 1140. The first-order chi connectivity index (χ1) is 15.0. The summed E-state index contributed by atoms with van der Waals surface area (Å²) in [5, 5.41) is 3.01. The smallest absolute Gasteiger partial charge is 0.408 e. The van der Waals surface area contributed by atoms with Crippen LogP contribution in [0.4, 0.5) is 5.69 Å². The molecule has 4 rings (SSSR count). The number of nitrogens with one attached hydrogen (secondary N) is 2. The van der Waals surface area contributed by atoms with Gasteiger partial charge in [-0.1, -0.05) is 37.3 Å². The number of hydrogen-bond donors (Lipinski definition) is 2. The van der Waals surface area contributed by atoms with Crippen molar-refractivity contribution in [3.05, 3.63) is 64.6 Å². The zero-order valence-electron chi connectivity index (χ0n) is 17.6. The fourth-order valence-corrected chi connectivity index (χ4v) is 4.02. The topological polar surface area (TPSA) is 89.0 Å². The minimum atomic E-state index is -0.525. The lowest BCUT2D eigenvalue weighted by Crippen LogP contribution is -3.15. The number of piperazine rings is 1. The van der Waals surface area contributed by atoms with Crippen molar-refractivity contribution in [2.24, 2.45) is 0 Å². The van der Waals surface area contributed by atoms with Crippen molar-refractivity contribution < 1.29 is 18.9 Å². The molecule has 0 aliphatic carbocycles. The average Bonchev–Trinajstić information content (AvgIpc) is 3.09. The number of benzene rings is 2. The van der Waals surface area contributed by atoms with Crippen LogP contribution >= 0.6 is 0 Å². The van der Waals surface area contributed by atoms with Gasteiger partial charge in [0, 0.05) is 5.69 Å². The molecule has 1 aliphatic rings. The van der Waals surface area contributed by atoms with Gasteiger partial charge in [-0.15, -0.1) is 0 Å². The standard InChI is InChI=1S/C23H26N4O4/c1-2-17-7-3-4-8-18(17)24-21(28)15-25-11-13-26(14-12-25)22(29)16-27-19-9-5-6-10-20(19)31-23(27)30/h3-10H,2,11-16H2,1H3,(H,24,28)/p+1. The molecule has 0 saturated carbocycles. The zero-order valence-corrected chi connectivity index (χ0v) is 17.6. The lowest BCUT2D eigenvalue weighted by molar-refractivity contribution is -0.895. The summed E-state index contributed by atoms with van der Waals surface area (Å²) in [6.45, 7) is 4.87. The summed E-state index contributed by atoms with van der Waals surface area (Å²) in [7, 11) is 0. The number of carbonyl (C=O) groups excluding carboxylic acids is 2. The maximum atomic E-state index is 12.7. The lowest BCUT2D eigenvalue weighted by Gasteiger charge is -2.32. The Hall–Kier alpha value is -3.39. The second-order valence-electron chi connectivity index (χ2n) is 7.79. The summed E-state index contributed by atoms with van der Waals surface area (Å²) in [6, 6.07) is 14.9. The van der Waals surface area contributed by atoms with Crippen LogP contribution in [-0.2, 0) is 22.6 Å². The van der Waals surface area contributed by atoms with E-state index >= 15 is 0 Å². The van der Waals surface area contributed by atoms with Crippen molar-refractivity contribution in [2.75, 3.05) is 38.0 Å².